The van der Waals surface area contributed by atoms with Crippen LogP contribution in [0.15, 0.2) is 10.4 Å². The van der Waals surface area contributed by atoms with Crippen molar-refractivity contribution in [1.82, 2.24) is 4.98 Å². The zero-order valence-corrected chi connectivity index (χ0v) is 16.3. The summed E-state index contributed by atoms with van der Waals surface area (Å²) in [5.41, 5.74) is -0.460. The number of rotatable bonds is 13. The van der Waals surface area contributed by atoms with Crippen LogP contribution >= 0.6 is 23.3 Å². The summed E-state index contributed by atoms with van der Waals surface area (Å²) in [6.07, 6.45) is 15.9. The lowest BCUT2D eigenvalue weighted by atomic mass is 9.87. The van der Waals surface area contributed by atoms with Gasteiger partial charge in [0.1, 0.15) is 10.4 Å². The molecule has 1 aromatic rings. The fraction of sp³-hybridized carbons (Fsp3) is 0.778. The van der Waals surface area contributed by atoms with Crippen molar-refractivity contribution in [3.05, 3.63) is 11.2 Å². The average molecular weight is 354 g/mol. The molecule has 0 spiro atoms. The second kappa shape index (κ2) is 11.9. The first kappa shape index (κ1) is 20.5. The zero-order valence-electron chi connectivity index (χ0n) is 14.6. The summed E-state index contributed by atoms with van der Waals surface area (Å²) in [6, 6.07) is 2.46. The Balaban J connectivity index is 2.17. The van der Waals surface area contributed by atoms with Crippen LogP contribution in [0.1, 0.15) is 89.5 Å². The van der Waals surface area contributed by atoms with Crippen molar-refractivity contribution in [1.29, 1.82) is 5.26 Å². The molecule has 130 valence electrons. The first-order chi connectivity index (χ1) is 11.2. The SMILES string of the molecule is CCCCCCCCCCCCC(C)(C#N)c1ncc(SN)s1. The van der Waals surface area contributed by atoms with Crippen LogP contribution in [0.2, 0.25) is 0 Å². The smallest absolute Gasteiger partial charge is 0.114 e. The average Bonchev–Trinajstić information content (AvgIpc) is 3.06. The second-order valence-corrected chi connectivity index (χ2v) is 8.44. The maximum atomic E-state index is 9.54. The van der Waals surface area contributed by atoms with Crippen molar-refractivity contribution < 1.29 is 0 Å². The van der Waals surface area contributed by atoms with E-state index in [0.29, 0.717) is 0 Å². The molecule has 0 radical (unpaired) electrons. The number of nitrogens with zero attached hydrogens (tertiary/aromatic N) is 2. The van der Waals surface area contributed by atoms with Crippen LogP contribution < -0.4 is 5.14 Å². The molecule has 1 atom stereocenters. The van der Waals surface area contributed by atoms with E-state index in [9.17, 15) is 5.26 Å². The standard InChI is InChI=1S/C18H31N3S2/c1-3-4-5-6-7-8-9-10-11-12-13-18(2,15-19)17-21-14-16(22-17)23-20/h14H,3-13,20H2,1-2H3. The number of unbranched alkanes of at least 4 members (excludes halogenated alkanes) is 9. The van der Waals surface area contributed by atoms with Crippen LogP contribution in [0.3, 0.4) is 0 Å². The second-order valence-electron chi connectivity index (χ2n) is 6.48. The molecular formula is C18H31N3S2. The molecule has 0 aliphatic heterocycles. The molecule has 5 heteroatoms. The highest BCUT2D eigenvalue weighted by Gasteiger charge is 2.29. The van der Waals surface area contributed by atoms with Crippen molar-refractivity contribution >= 4 is 23.3 Å². The van der Waals surface area contributed by atoms with Gasteiger partial charge >= 0.3 is 0 Å². The third kappa shape index (κ3) is 7.69. The molecule has 1 rings (SSSR count). The van der Waals surface area contributed by atoms with Gasteiger partial charge in [-0.25, -0.2) is 4.98 Å². The van der Waals surface area contributed by atoms with Crippen LogP contribution in [-0.4, -0.2) is 4.98 Å². The van der Waals surface area contributed by atoms with Gasteiger partial charge < -0.3 is 0 Å². The molecule has 2 N–H and O–H groups in total. The quantitative estimate of drug-likeness (QED) is 0.338. The molecule has 0 saturated carbocycles. The van der Waals surface area contributed by atoms with Crippen molar-refractivity contribution in [2.75, 3.05) is 0 Å². The molecule has 0 bridgehead atoms. The summed E-state index contributed by atoms with van der Waals surface area (Å²) in [7, 11) is 0. The lowest BCUT2D eigenvalue weighted by molar-refractivity contribution is 0.487. The largest absolute Gasteiger partial charge is 0.273 e. The van der Waals surface area contributed by atoms with E-state index in [1.807, 2.05) is 6.92 Å². The van der Waals surface area contributed by atoms with Gasteiger partial charge in [-0.1, -0.05) is 71.1 Å². The van der Waals surface area contributed by atoms with Gasteiger partial charge in [-0.2, -0.15) is 5.26 Å². The third-order valence-corrected chi connectivity index (χ3v) is 6.28. The van der Waals surface area contributed by atoms with E-state index >= 15 is 0 Å². The lowest BCUT2D eigenvalue weighted by Crippen LogP contribution is -2.19. The van der Waals surface area contributed by atoms with E-state index in [1.165, 1.54) is 69.7 Å². The van der Waals surface area contributed by atoms with E-state index < -0.39 is 5.41 Å². The van der Waals surface area contributed by atoms with Gasteiger partial charge in [0.05, 0.1) is 16.5 Å². The summed E-state index contributed by atoms with van der Waals surface area (Å²) in [6.45, 7) is 4.26. The highest BCUT2D eigenvalue weighted by Crippen LogP contribution is 2.34. The molecule has 0 saturated heterocycles. The molecule has 0 amide bonds. The lowest BCUT2D eigenvalue weighted by Gasteiger charge is -2.18. The molecule has 0 aromatic carbocycles. The number of nitriles is 1. The molecule has 1 aromatic heterocycles. The highest BCUT2D eigenvalue weighted by molar-refractivity contribution is 7.99. The van der Waals surface area contributed by atoms with Crippen molar-refractivity contribution in [2.45, 2.75) is 94.1 Å². The molecule has 23 heavy (non-hydrogen) atoms. The Morgan fingerprint density at radius 3 is 2.17 bits per heavy atom. The first-order valence-electron chi connectivity index (χ1n) is 8.90. The summed E-state index contributed by atoms with van der Waals surface area (Å²) in [5, 5.41) is 16.0. The van der Waals surface area contributed by atoms with E-state index in [4.69, 9.17) is 5.14 Å². The third-order valence-electron chi connectivity index (χ3n) is 4.35. The number of hydrogen-bond donors (Lipinski definition) is 1. The van der Waals surface area contributed by atoms with Crippen molar-refractivity contribution in [2.24, 2.45) is 5.14 Å². The van der Waals surface area contributed by atoms with Gasteiger partial charge in [-0.15, -0.1) is 11.3 Å². The van der Waals surface area contributed by atoms with Gasteiger partial charge in [-0.3, -0.25) is 5.14 Å². The minimum absolute atomic E-state index is 0.460. The van der Waals surface area contributed by atoms with Crippen LogP contribution in [0.25, 0.3) is 0 Å². The molecule has 0 fully saturated rings. The van der Waals surface area contributed by atoms with Gasteiger partial charge in [0, 0.05) is 0 Å². The van der Waals surface area contributed by atoms with Gasteiger partial charge in [0.2, 0.25) is 0 Å². The minimum atomic E-state index is -0.460. The first-order valence-corrected chi connectivity index (χ1v) is 10.6. The molecule has 1 heterocycles. The van der Waals surface area contributed by atoms with Gasteiger partial charge in [0.25, 0.3) is 0 Å². The van der Waals surface area contributed by atoms with E-state index in [0.717, 1.165) is 22.1 Å². The number of nitrogens with two attached hydrogens (primary N) is 1. The van der Waals surface area contributed by atoms with Crippen LogP contribution in [0.4, 0.5) is 0 Å². The predicted octanol–water partition coefficient (Wildman–Crippen LogP) is 6.20. The summed E-state index contributed by atoms with van der Waals surface area (Å²) >= 11 is 2.76. The summed E-state index contributed by atoms with van der Waals surface area (Å²) < 4.78 is 0.976. The Labute approximate surface area is 150 Å². The molecule has 1 unspecified atom stereocenters. The highest BCUT2D eigenvalue weighted by atomic mass is 32.2. The fourth-order valence-corrected chi connectivity index (χ4v) is 4.06. The monoisotopic (exact) mass is 353 g/mol. The Morgan fingerprint density at radius 2 is 1.70 bits per heavy atom. The Bertz CT molecular complexity index is 467. The van der Waals surface area contributed by atoms with E-state index in [1.54, 1.807) is 17.5 Å². The van der Waals surface area contributed by atoms with Gasteiger partial charge in [-0.05, 0) is 25.3 Å². The topological polar surface area (TPSA) is 62.7 Å². The minimum Gasteiger partial charge on any atom is -0.273 e. The number of hydrogen-bond acceptors (Lipinski definition) is 5. The Hall–Kier alpha value is -0.570. The van der Waals surface area contributed by atoms with Crippen molar-refractivity contribution in [3.63, 3.8) is 0 Å². The van der Waals surface area contributed by atoms with Crippen molar-refractivity contribution in [3.8, 4) is 6.07 Å². The summed E-state index contributed by atoms with van der Waals surface area (Å²) in [5.74, 6) is 0. The fourth-order valence-electron chi connectivity index (χ4n) is 2.75. The molecule has 0 aliphatic rings. The predicted molar refractivity (Wildman–Crippen MR) is 102 cm³/mol. The normalized spacial score (nSPS) is 13.7. The number of aromatic nitrogens is 1. The van der Waals surface area contributed by atoms with E-state index in [-0.39, 0.29) is 0 Å². The Kier molecular flexibility index (Phi) is 10.6. The van der Waals surface area contributed by atoms with E-state index in [2.05, 4.69) is 18.0 Å². The van der Waals surface area contributed by atoms with Crippen LogP contribution in [0, 0.1) is 11.3 Å². The van der Waals surface area contributed by atoms with Crippen LogP contribution in [0.5, 0.6) is 0 Å². The maximum Gasteiger partial charge on any atom is 0.114 e. The van der Waals surface area contributed by atoms with Gasteiger partial charge in [0.15, 0.2) is 0 Å². The summed E-state index contributed by atoms with van der Waals surface area (Å²) in [4.78, 5) is 4.39. The molecule has 0 aliphatic carbocycles. The zero-order chi connectivity index (χ0) is 17.0. The number of thiazole rings is 1. The molecule has 3 nitrogen and oxygen atoms in total. The Morgan fingerprint density at radius 1 is 1.13 bits per heavy atom. The maximum absolute atomic E-state index is 9.54. The molecular weight excluding hydrogens is 322 g/mol. The van der Waals surface area contributed by atoms with Crippen LogP contribution in [-0.2, 0) is 5.41 Å².